The molecule has 0 bridgehead atoms. The lowest BCUT2D eigenvalue weighted by Crippen LogP contribution is -2.08. The number of phenolic OH excluding ortho intramolecular Hbond substituents is 1. The third kappa shape index (κ3) is 1.92. The van der Waals surface area contributed by atoms with Crippen molar-refractivity contribution < 1.29 is 9.84 Å². The highest BCUT2D eigenvalue weighted by atomic mass is 16.5. The molecule has 1 atom stereocenters. The maximum atomic E-state index is 9.99. The fourth-order valence-electron chi connectivity index (χ4n) is 2.12. The summed E-state index contributed by atoms with van der Waals surface area (Å²) in [7, 11) is 1.66. The number of aryl methyl sites for hydroxylation is 1. The zero-order valence-corrected chi connectivity index (χ0v) is 9.21. The van der Waals surface area contributed by atoms with E-state index in [1.807, 2.05) is 19.1 Å². The highest BCUT2D eigenvalue weighted by molar-refractivity contribution is 5.47. The second kappa shape index (κ2) is 4.11. The average Bonchev–Trinajstić information content (AvgIpc) is 2.75. The van der Waals surface area contributed by atoms with Crippen molar-refractivity contribution in [3.63, 3.8) is 0 Å². The third-order valence-electron chi connectivity index (χ3n) is 3.04. The van der Waals surface area contributed by atoms with Crippen LogP contribution in [0.2, 0.25) is 0 Å². The third-order valence-corrected chi connectivity index (χ3v) is 3.04. The van der Waals surface area contributed by atoms with Crippen molar-refractivity contribution in [2.45, 2.75) is 19.3 Å². The van der Waals surface area contributed by atoms with E-state index in [4.69, 9.17) is 4.74 Å². The molecule has 0 aliphatic carbocycles. The summed E-state index contributed by atoms with van der Waals surface area (Å²) in [4.78, 5) is 0. The topological polar surface area (TPSA) is 41.5 Å². The van der Waals surface area contributed by atoms with E-state index in [9.17, 15) is 5.11 Å². The Labute approximate surface area is 90.1 Å². The van der Waals surface area contributed by atoms with Crippen LogP contribution in [0.1, 0.15) is 23.5 Å². The molecule has 2 rings (SSSR count). The highest BCUT2D eigenvalue weighted by Crippen LogP contribution is 2.35. The van der Waals surface area contributed by atoms with Gasteiger partial charge in [-0.25, -0.2) is 0 Å². The van der Waals surface area contributed by atoms with Crippen LogP contribution in [0.15, 0.2) is 12.1 Å². The molecule has 0 spiro atoms. The molecule has 0 aromatic heterocycles. The SMILES string of the molecule is COc1cc(C)c(O)c(C2CCNC2)c1. The van der Waals surface area contributed by atoms with Gasteiger partial charge >= 0.3 is 0 Å². The van der Waals surface area contributed by atoms with Crippen molar-refractivity contribution in [3.05, 3.63) is 23.3 Å². The standard InChI is InChI=1S/C12H17NO2/c1-8-5-10(15-2)6-11(12(8)14)9-3-4-13-7-9/h5-6,9,13-14H,3-4,7H2,1-2H3. The van der Waals surface area contributed by atoms with Crippen LogP contribution in [-0.2, 0) is 0 Å². The molecule has 15 heavy (non-hydrogen) atoms. The predicted molar refractivity (Wildman–Crippen MR) is 59.6 cm³/mol. The number of hydrogen-bond acceptors (Lipinski definition) is 3. The van der Waals surface area contributed by atoms with E-state index in [1.165, 1.54) is 0 Å². The number of phenols is 1. The highest BCUT2D eigenvalue weighted by Gasteiger charge is 2.21. The van der Waals surface area contributed by atoms with Gasteiger partial charge in [-0.05, 0) is 37.6 Å². The number of hydrogen-bond donors (Lipinski definition) is 2. The fourth-order valence-corrected chi connectivity index (χ4v) is 2.12. The van der Waals surface area contributed by atoms with E-state index < -0.39 is 0 Å². The molecule has 1 aromatic carbocycles. The van der Waals surface area contributed by atoms with Gasteiger partial charge in [-0.3, -0.25) is 0 Å². The minimum absolute atomic E-state index is 0.416. The van der Waals surface area contributed by atoms with Gasteiger partial charge in [0.15, 0.2) is 0 Å². The Morgan fingerprint density at radius 2 is 2.27 bits per heavy atom. The van der Waals surface area contributed by atoms with Gasteiger partial charge < -0.3 is 15.2 Å². The first-order valence-corrected chi connectivity index (χ1v) is 5.30. The second-order valence-electron chi connectivity index (χ2n) is 4.07. The van der Waals surface area contributed by atoms with Gasteiger partial charge in [-0.1, -0.05) is 0 Å². The lowest BCUT2D eigenvalue weighted by molar-refractivity contribution is 0.408. The summed E-state index contributed by atoms with van der Waals surface area (Å²) < 4.78 is 5.22. The second-order valence-corrected chi connectivity index (χ2v) is 4.07. The molecule has 2 N–H and O–H groups in total. The Hall–Kier alpha value is -1.22. The Balaban J connectivity index is 2.39. The van der Waals surface area contributed by atoms with Crippen LogP contribution in [0.5, 0.6) is 11.5 Å². The summed E-state index contributed by atoms with van der Waals surface area (Å²) in [5.41, 5.74) is 1.90. The first kappa shape index (κ1) is 10.3. The smallest absolute Gasteiger partial charge is 0.122 e. The first-order valence-electron chi connectivity index (χ1n) is 5.30. The van der Waals surface area contributed by atoms with E-state index in [0.29, 0.717) is 11.7 Å². The largest absolute Gasteiger partial charge is 0.507 e. The van der Waals surface area contributed by atoms with Gasteiger partial charge in [-0.15, -0.1) is 0 Å². The van der Waals surface area contributed by atoms with Crippen molar-refractivity contribution in [1.29, 1.82) is 0 Å². The van der Waals surface area contributed by atoms with Crippen molar-refractivity contribution in [1.82, 2.24) is 5.32 Å². The minimum Gasteiger partial charge on any atom is -0.507 e. The monoisotopic (exact) mass is 207 g/mol. The average molecular weight is 207 g/mol. The molecule has 0 saturated carbocycles. The first-order chi connectivity index (χ1) is 7.22. The van der Waals surface area contributed by atoms with Crippen molar-refractivity contribution in [3.8, 4) is 11.5 Å². The normalized spacial score (nSPS) is 20.5. The van der Waals surface area contributed by atoms with Gasteiger partial charge in [0, 0.05) is 18.0 Å². The van der Waals surface area contributed by atoms with Gasteiger partial charge in [0.05, 0.1) is 7.11 Å². The fraction of sp³-hybridized carbons (Fsp3) is 0.500. The van der Waals surface area contributed by atoms with E-state index >= 15 is 0 Å². The van der Waals surface area contributed by atoms with Crippen molar-refractivity contribution >= 4 is 0 Å². The number of nitrogens with one attached hydrogen (secondary N) is 1. The maximum absolute atomic E-state index is 9.99. The van der Waals surface area contributed by atoms with E-state index in [0.717, 1.165) is 36.4 Å². The van der Waals surface area contributed by atoms with Crippen LogP contribution in [0.4, 0.5) is 0 Å². The van der Waals surface area contributed by atoms with Crippen molar-refractivity contribution in [2.24, 2.45) is 0 Å². The summed E-state index contributed by atoms with van der Waals surface area (Å²) in [6.45, 7) is 3.88. The summed E-state index contributed by atoms with van der Waals surface area (Å²) in [5.74, 6) is 1.66. The molecule has 1 fully saturated rings. The summed E-state index contributed by atoms with van der Waals surface area (Å²) >= 11 is 0. The summed E-state index contributed by atoms with van der Waals surface area (Å²) in [6.07, 6.45) is 1.08. The number of aromatic hydroxyl groups is 1. The molecule has 3 heteroatoms. The molecule has 1 aliphatic rings. The van der Waals surface area contributed by atoms with Crippen LogP contribution in [0, 0.1) is 6.92 Å². The lowest BCUT2D eigenvalue weighted by atomic mass is 9.95. The van der Waals surface area contributed by atoms with E-state index in [-0.39, 0.29) is 0 Å². The molecule has 1 unspecified atom stereocenters. The van der Waals surface area contributed by atoms with Crippen LogP contribution in [0.3, 0.4) is 0 Å². The summed E-state index contributed by atoms with van der Waals surface area (Å²) in [5, 5.41) is 13.3. The Morgan fingerprint density at radius 3 is 2.87 bits per heavy atom. The molecule has 1 heterocycles. The van der Waals surface area contributed by atoms with Crippen molar-refractivity contribution in [2.75, 3.05) is 20.2 Å². The lowest BCUT2D eigenvalue weighted by Gasteiger charge is -2.14. The summed E-state index contributed by atoms with van der Waals surface area (Å²) in [6, 6.07) is 3.81. The Morgan fingerprint density at radius 1 is 1.47 bits per heavy atom. The Bertz CT molecular complexity index is 357. The molecule has 82 valence electrons. The number of ether oxygens (including phenoxy) is 1. The van der Waals surface area contributed by atoms with Gasteiger partial charge in [-0.2, -0.15) is 0 Å². The molecule has 1 aromatic rings. The van der Waals surface area contributed by atoms with Crippen LogP contribution < -0.4 is 10.1 Å². The Kier molecular flexibility index (Phi) is 2.82. The molecular formula is C12H17NO2. The zero-order chi connectivity index (χ0) is 10.8. The molecule has 1 aliphatic heterocycles. The van der Waals surface area contributed by atoms with Crippen LogP contribution in [0.25, 0.3) is 0 Å². The molecule has 0 amide bonds. The van der Waals surface area contributed by atoms with Gasteiger partial charge in [0.25, 0.3) is 0 Å². The van der Waals surface area contributed by atoms with Crippen LogP contribution in [-0.4, -0.2) is 25.3 Å². The number of methoxy groups -OCH3 is 1. The van der Waals surface area contributed by atoms with E-state index in [2.05, 4.69) is 5.32 Å². The molecular weight excluding hydrogens is 190 g/mol. The number of benzene rings is 1. The van der Waals surface area contributed by atoms with Gasteiger partial charge in [0.1, 0.15) is 11.5 Å². The predicted octanol–water partition coefficient (Wildman–Crippen LogP) is 1.79. The molecule has 0 radical (unpaired) electrons. The molecule has 3 nitrogen and oxygen atoms in total. The van der Waals surface area contributed by atoms with E-state index in [1.54, 1.807) is 7.11 Å². The quantitative estimate of drug-likeness (QED) is 0.776. The van der Waals surface area contributed by atoms with Gasteiger partial charge in [0.2, 0.25) is 0 Å². The maximum Gasteiger partial charge on any atom is 0.122 e. The zero-order valence-electron chi connectivity index (χ0n) is 9.21. The minimum atomic E-state index is 0.416. The number of rotatable bonds is 2. The van der Waals surface area contributed by atoms with Crippen LogP contribution >= 0.6 is 0 Å². The molecule has 1 saturated heterocycles.